The number of tetrazole rings is 1. The number of carboxylic acid groups (broad SMARTS) is 1. The first kappa shape index (κ1) is 21.6. The lowest BCUT2D eigenvalue weighted by molar-refractivity contribution is -0.136. The Kier molecular flexibility index (Phi) is 6.23. The summed E-state index contributed by atoms with van der Waals surface area (Å²) in [5, 5.41) is 25.6. The highest BCUT2D eigenvalue weighted by atomic mass is 32.2. The quantitative estimate of drug-likeness (QED) is 0.352. The van der Waals surface area contributed by atoms with Crippen LogP contribution in [0.2, 0.25) is 0 Å². The Balaban J connectivity index is 1.76. The molecule has 10 nitrogen and oxygen atoms in total. The first-order chi connectivity index (χ1) is 15.5. The van der Waals surface area contributed by atoms with Gasteiger partial charge in [0.15, 0.2) is 11.5 Å². The van der Waals surface area contributed by atoms with E-state index in [1.165, 1.54) is 23.1 Å². The molecule has 2 heterocycles. The van der Waals surface area contributed by atoms with Gasteiger partial charge in [-0.25, -0.2) is 5.10 Å². The summed E-state index contributed by atoms with van der Waals surface area (Å²) in [5.41, 5.74) is 0.694. The van der Waals surface area contributed by atoms with Crippen LogP contribution in [-0.2, 0) is 11.2 Å². The number of H-pyrrole nitrogens is 1. The Hall–Kier alpha value is -3.64. The number of nitrogens with zero attached hydrogens (tertiary/aromatic N) is 3. The van der Waals surface area contributed by atoms with Crippen LogP contribution in [0.15, 0.2) is 46.2 Å². The van der Waals surface area contributed by atoms with Crippen molar-refractivity contribution in [3.05, 3.63) is 46.8 Å². The third kappa shape index (κ3) is 4.50. The van der Waals surface area contributed by atoms with Crippen molar-refractivity contribution >= 4 is 51.0 Å². The minimum Gasteiger partial charge on any atom is -0.493 e. The van der Waals surface area contributed by atoms with E-state index in [1.54, 1.807) is 26.4 Å². The van der Waals surface area contributed by atoms with E-state index in [0.717, 1.165) is 19.9 Å². The van der Waals surface area contributed by atoms with Gasteiger partial charge in [0.25, 0.3) is 5.91 Å². The number of carboxylic acids is 1. The average Bonchev–Trinajstić information content (AvgIpc) is 3.41. The molecular weight excluding hydrogens is 454 g/mol. The average molecular weight is 472 g/mol. The SMILES string of the molecule is COc1cc2sc(C(=O)Nc3nnn[nH]3)c(Sc3ccc(CC(=O)O)cc3)c2cc1OC. The maximum atomic E-state index is 13.0. The smallest absolute Gasteiger partial charge is 0.307 e. The van der Waals surface area contributed by atoms with Gasteiger partial charge < -0.3 is 14.6 Å². The van der Waals surface area contributed by atoms with Gasteiger partial charge in [-0.3, -0.25) is 14.9 Å². The molecule has 0 fully saturated rings. The number of ether oxygens (including phenoxy) is 2. The molecule has 0 saturated heterocycles. The molecule has 4 aromatic rings. The molecular formula is C20H17N5O5S2. The Morgan fingerprint density at radius 2 is 1.88 bits per heavy atom. The molecule has 2 aromatic carbocycles. The topological polar surface area (TPSA) is 139 Å². The first-order valence-electron chi connectivity index (χ1n) is 9.20. The normalized spacial score (nSPS) is 10.8. The van der Waals surface area contributed by atoms with Gasteiger partial charge >= 0.3 is 5.97 Å². The van der Waals surface area contributed by atoms with Crippen LogP contribution < -0.4 is 14.8 Å². The minimum atomic E-state index is -0.892. The third-order valence-corrected chi connectivity index (χ3v) is 6.85. The van der Waals surface area contributed by atoms with Crippen molar-refractivity contribution in [2.75, 3.05) is 19.5 Å². The maximum Gasteiger partial charge on any atom is 0.307 e. The molecule has 32 heavy (non-hydrogen) atoms. The summed E-state index contributed by atoms with van der Waals surface area (Å²) in [6.45, 7) is 0. The summed E-state index contributed by atoms with van der Waals surface area (Å²) >= 11 is 2.70. The highest BCUT2D eigenvalue weighted by Crippen LogP contribution is 2.45. The summed E-state index contributed by atoms with van der Waals surface area (Å²) in [4.78, 5) is 26.0. The highest BCUT2D eigenvalue weighted by molar-refractivity contribution is 7.99. The molecule has 0 bridgehead atoms. The summed E-state index contributed by atoms with van der Waals surface area (Å²) in [5.74, 6) is -0.0227. The predicted octanol–water partition coefficient (Wildman–Crippen LogP) is 3.46. The van der Waals surface area contributed by atoms with Gasteiger partial charge in [0.2, 0.25) is 5.95 Å². The van der Waals surface area contributed by atoms with Crippen molar-refractivity contribution in [3.63, 3.8) is 0 Å². The van der Waals surface area contributed by atoms with Gasteiger partial charge in [-0.1, -0.05) is 29.0 Å². The molecule has 12 heteroatoms. The monoisotopic (exact) mass is 471 g/mol. The van der Waals surface area contributed by atoms with Gasteiger partial charge in [-0.2, -0.15) is 0 Å². The molecule has 164 valence electrons. The van der Waals surface area contributed by atoms with Crippen molar-refractivity contribution in [1.29, 1.82) is 0 Å². The number of amides is 1. The largest absolute Gasteiger partial charge is 0.493 e. The van der Waals surface area contributed by atoms with Crippen LogP contribution in [0.3, 0.4) is 0 Å². The van der Waals surface area contributed by atoms with Crippen LogP contribution in [0.25, 0.3) is 10.1 Å². The summed E-state index contributed by atoms with van der Waals surface area (Å²) < 4.78 is 11.7. The number of aromatic amines is 1. The molecule has 0 radical (unpaired) electrons. The van der Waals surface area contributed by atoms with Crippen molar-refractivity contribution in [1.82, 2.24) is 20.6 Å². The number of thiophene rings is 1. The fourth-order valence-corrected chi connectivity index (χ4v) is 5.29. The lowest BCUT2D eigenvalue weighted by atomic mass is 10.2. The van der Waals surface area contributed by atoms with Gasteiger partial charge in [-0.05, 0) is 34.2 Å². The van der Waals surface area contributed by atoms with Crippen molar-refractivity contribution in [3.8, 4) is 11.5 Å². The van der Waals surface area contributed by atoms with Crippen LogP contribution in [0, 0.1) is 0 Å². The van der Waals surface area contributed by atoms with Crippen molar-refractivity contribution in [2.45, 2.75) is 16.2 Å². The second-order valence-corrected chi connectivity index (χ2v) is 8.62. The first-order valence-corrected chi connectivity index (χ1v) is 10.8. The number of nitrogens with one attached hydrogen (secondary N) is 2. The van der Waals surface area contributed by atoms with E-state index < -0.39 is 5.97 Å². The second-order valence-electron chi connectivity index (χ2n) is 6.48. The number of aromatic nitrogens is 4. The van der Waals surface area contributed by atoms with Crippen LogP contribution in [0.4, 0.5) is 5.95 Å². The highest BCUT2D eigenvalue weighted by Gasteiger charge is 2.22. The molecule has 0 unspecified atom stereocenters. The molecule has 0 aliphatic rings. The van der Waals surface area contributed by atoms with Crippen molar-refractivity contribution in [2.24, 2.45) is 0 Å². The number of fused-ring (bicyclic) bond motifs is 1. The van der Waals surface area contributed by atoms with E-state index in [-0.39, 0.29) is 18.3 Å². The van der Waals surface area contributed by atoms with Crippen LogP contribution in [0.5, 0.6) is 11.5 Å². The predicted molar refractivity (Wildman–Crippen MR) is 119 cm³/mol. The number of hydrogen-bond donors (Lipinski definition) is 3. The Morgan fingerprint density at radius 1 is 1.16 bits per heavy atom. The lowest BCUT2D eigenvalue weighted by Crippen LogP contribution is -2.12. The van der Waals surface area contributed by atoms with Gasteiger partial charge in [-0.15, -0.1) is 11.3 Å². The van der Waals surface area contributed by atoms with Crippen LogP contribution in [-0.4, -0.2) is 51.8 Å². The number of methoxy groups -OCH3 is 2. The van der Waals surface area contributed by atoms with E-state index in [4.69, 9.17) is 14.6 Å². The summed E-state index contributed by atoms with van der Waals surface area (Å²) in [6.07, 6.45) is -0.0534. The Bertz CT molecular complexity index is 1270. The van der Waals surface area contributed by atoms with E-state index in [0.29, 0.717) is 21.9 Å². The molecule has 0 spiro atoms. The summed E-state index contributed by atoms with van der Waals surface area (Å²) in [7, 11) is 3.10. The zero-order valence-electron chi connectivity index (χ0n) is 16.9. The number of carbonyl (C=O) groups is 2. The van der Waals surface area contributed by atoms with E-state index in [9.17, 15) is 9.59 Å². The molecule has 0 atom stereocenters. The zero-order valence-corrected chi connectivity index (χ0v) is 18.5. The molecule has 0 aliphatic heterocycles. The number of anilines is 1. The molecule has 2 aromatic heterocycles. The number of carbonyl (C=O) groups excluding carboxylic acids is 1. The van der Waals surface area contributed by atoms with E-state index in [2.05, 4.69) is 25.9 Å². The molecule has 3 N–H and O–H groups in total. The Labute approximate surface area is 189 Å². The van der Waals surface area contributed by atoms with Crippen LogP contribution in [0.1, 0.15) is 15.2 Å². The fraction of sp³-hybridized carbons (Fsp3) is 0.150. The third-order valence-electron chi connectivity index (χ3n) is 4.43. The van der Waals surface area contributed by atoms with E-state index in [1.807, 2.05) is 24.3 Å². The fourth-order valence-electron chi connectivity index (χ4n) is 3.00. The van der Waals surface area contributed by atoms with Gasteiger partial charge in [0.1, 0.15) is 4.88 Å². The maximum absolute atomic E-state index is 13.0. The summed E-state index contributed by atoms with van der Waals surface area (Å²) in [6, 6.07) is 10.8. The number of hydrogen-bond acceptors (Lipinski definition) is 9. The van der Waals surface area contributed by atoms with Gasteiger partial charge in [0.05, 0.1) is 20.6 Å². The molecule has 1 amide bonds. The number of aliphatic carboxylic acids is 1. The van der Waals surface area contributed by atoms with Crippen molar-refractivity contribution < 1.29 is 24.2 Å². The number of benzene rings is 2. The zero-order chi connectivity index (χ0) is 22.7. The molecule has 4 rings (SSSR count). The second kappa shape index (κ2) is 9.24. The van der Waals surface area contributed by atoms with E-state index >= 15 is 0 Å². The minimum absolute atomic E-state index is 0.0534. The van der Waals surface area contributed by atoms with Gasteiger partial charge in [0, 0.05) is 25.9 Å². The lowest BCUT2D eigenvalue weighted by Gasteiger charge is -2.09. The standard InChI is InChI=1S/C20H17N5O5S2/c1-29-13-8-12-15(9-14(13)30-2)32-18(19(28)21-20-22-24-25-23-20)17(12)31-11-5-3-10(4-6-11)7-16(26)27/h3-6,8-9H,7H2,1-2H3,(H,26,27)(H2,21,22,23,24,25,28). The molecule has 0 saturated carbocycles. The number of rotatable bonds is 8. The Morgan fingerprint density at radius 3 is 2.50 bits per heavy atom. The van der Waals surface area contributed by atoms with Crippen LogP contribution >= 0.6 is 23.1 Å². The molecule has 0 aliphatic carbocycles.